The van der Waals surface area contributed by atoms with Gasteiger partial charge in [0.1, 0.15) is 5.75 Å². The van der Waals surface area contributed by atoms with E-state index < -0.39 is 16.7 Å². The molecule has 0 saturated carbocycles. The average molecular weight is 272 g/mol. The van der Waals surface area contributed by atoms with Gasteiger partial charge < -0.3 is 14.3 Å². The lowest BCUT2D eigenvalue weighted by Gasteiger charge is -2.30. The Morgan fingerprint density at radius 2 is 1.59 bits per heavy atom. The first-order chi connectivity index (χ1) is 8.09. The van der Waals surface area contributed by atoms with Gasteiger partial charge in [0.25, 0.3) is 0 Å². The van der Waals surface area contributed by atoms with Crippen LogP contribution in [0.4, 0.5) is 0 Å². The molecule has 0 aliphatic heterocycles. The zero-order valence-corrected chi connectivity index (χ0v) is 12.6. The zero-order chi connectivity index (χ0) is 12.9. The molecular formula is C12H21O3PSi. The van der Waals surface area contributed by atoms with E-state index in [2.05, 4.69) is 26.8 Å². The molecule has 0 saturated heterocycles. The summed E-state index contributed by atoms with van der Waals surface area (Å²) in [4.78, 5) is 18.1. The fraction of sp³-hybridized carbons (Fsp3) is 0.500. The van der Waals surface area contributed by atoms with Gasteiger partial charge >= 0.3 is 8.60 Å². The van der Waals surface area contributed by atoms with Gasteiger partial charge in [-0.05, 0) is 11.3 Å². The molecule has 1 aromatic rings. The van der Waals surface area contributed by atoms with E-state index in [1.165, 1.54) is 5.19 Å². The van der Waals surface area contributed by atoms with Crippen LogP contribution < -0.4 is 9.71 Å². The highest BCUT2D eigenvalue weighted by molar-refractivity contribution is 7.39. The minimum Gasteiger partial charge on any atom is -0.427 e. The van der Waals surface area contributed by atoms with Gasteiger partial charge in [0.05, 0.1) is 8.07 Å². The van der Waals surface area contributed by atoms with Gasteiger partial charge in [0, 0.05) is 0 Å². The van der Waals surface area contributed by atoms with Crippen LogP contribution in [0.2, 0.25) is 18.1 Å². The van der Waals surface area contributed by atoms with E-state index in [9.17, 15) is 0 Å². The molecule has 0 atom stereocenters. The second-order valence-corrected chi connectivity index (χ2v) is 10.1. The minimum absolute atomic E-state index is 0.654. The summed E-state index contributed by atoms with van der Waals surface area (Å²) in [6.07, 6.45) is 0. The van der Waals surface area contributed by atoms with Gasteiger partial charge in [-0.15, -0.1) is 0 Å². The molecule has 5 heteroatoms. The summed E-state index contributed by atoms with van der Waals surface area (Å²) in [5.41, 5.74) is 0. The van der Waals surface area contributed by atoms with E-state index in [1.807, 2.05) is 18.2 Å². The summed E-state index contributed by atoms with van der Waals surface area (Å²) in [7, 11) is -3.87. The van der Waals surface area contributed by atoms with Crippen molar-refractivity contribution in [1.82, 2.24) is 0 Å². The molecule has 1 rings (SSSR count). The molecule has 2 N–H and O–H groups in total. The van der Waals surface area contributed by atoms with Crippen molar-refractivity contribution < 1.29 is 14.3 Å². The van der Waals surface area contributed by atoms with Gasteiger partial charge in [0.2, 0.25) is 0 Å². The van der Waals surface area contributed by atoms with Crippen LogP contribution in [0, 0.1) is 0 Å². The number of para-hydroxylation sites is 1. The highest BCUT2D eigenvalue weighted by atomic mass is 31.2. The number of hydrogen-bond acceptors (Lipinski definition) is 3. The van der Waals surface area contributed by atoms with Crippen LogP contribution in [-0.4, -0.2) is 17.9 Å². The first-order valence-electron chi connectivity index (χ1n) is 6.05. The quantitative estimate of drug-likeness (QED) is 0.618. The smallest absolute Gasteiger partial charge is 0.391 e. The lowest BCUT2D eigenvalue weighted by atomic mass is 10.3. The van der Waals surface area contributed by atoms with Gasteiger partial charge in [-0.2, -0.15) is 0 Å². The van der Waals surface area contributed by atoms with Gasteiger partial charge in [-0.1, -0.05) is 57.1 Å². The Kier molecular flexibility index (Phi) is 5.60. The lowest BCUT2D eigenvalue weighted by Crippen LogP contribution is -2.46. The first kappa shape index (κ1) is 14.6. The molecule has 0 amide bonds. The van der Waals surface area contributed by atoms with Crippen molar-refractivity contribution in [2.24, 2.45) is 0 Å². The van der Waals surface area contributed by atoms with Crippen molar-refractivity contribution in [3.05, 3.63) is 24.3 Å². The molecule has 0 aliphatic carbocycles. The standard InChI is InChI=1S/C12H21O3PSi/c1-4-17(5-2,6-3)12-10-8-7-9-11(12)15-16(13)14/h7-10,13-14H,4-6H2,1-3H3. The van der Waals surface area contributed by atoms with Crippen molar-refractivity contribution in [2.45, 2.75) is 38.9 Å². The third kappa shape index (κ3) is 3.29. The average Bonchev–Trinajstić information content (AvgIpc) is 2.33. The van der Waals surface area contributed by atoms with E-state index in [-0.39, 0.29) is 0 Å². The summed E-state index contributed by atoms with van der Waals surface area (Å²) < 4.78 is 5.17. The third-order valence-corrected chi connectivity index (χ3v) is 9.65. The lowest BCUT2D eigenvalue weighted by molar-refractivity contribution is 0.376. The van der Waals surface area contributed by atoms with Crippen molar-refractivity contribution in [1.29, 1.82) is 0 Å². The monoisotopic (exact) mass is 272 g/mol. The van der Waals surface area contributed by atoms with Gasteiger partial charge in [0.15, 0.2) is 0 Å². The molecule has 1 aromatic carbocycles. The predicted molar refractivity (Wildman–Crippen MR) is 75.3 cm³/mol. The van der Waals surface area contributed by atoms with Crippen molar-refractivity contribution >= 4 is 21.9 Å². The third-order valence-electron chi connectivity index (χ3n) is 3.67. The Morgan fingerprint density at radius 1 is 1.06 bits per heavy atom. The highest BCUT2D eigenvalue weighted by Gasteiger charge is 2.32. The summed E-state index contributed by atoms with van der Waals surface area (Å²) in [6.45, 7) is 6.66. The Labute approximate surface area is 105 Å². The van der Waals surface area contributed by atoms with Crippen LogP contribution in [0.5, 0.6) is 5.75 Å². The summed E-state index contributed by atoms with van der Waals surface area (Å²) in [6, 6.07) is 11.2. The van der Waals surface area contributed by atoms with Crippen LogP contribution in [0.25, 0.3) is 0 Å². The van der Waals surface area contributed by atoms with Crippen LogP contribution in [0.15, 0.2) is 24.3 Å². The maximum Gasteiger partial charge on any atom is 0.391 e. The fourth-order valence-electron chi connectivity index (χ4n) is 2.39. The second kappa shape index (κ2) is 6.50. The normalized spacial score (nSPS) is 11.9. The van der Waals surface area contributed by atoms with E-state index in [0.717, 1.165) is 18.1 Å². The predicted octanol–water partition coefficient (Wildman–Crippen LogP) is 2.99. The number of rotatable bonds is 6. The first-order valence-corrected chi connectivity index (χ1v) is 9.83. The molecule has 0 radical (unpaired) electrons. The van der Waals surface area contributed by atoms with E-state index >= 15 is 0 Å². The second-order valence-electron chi connectivity index (χ2n) is 4.18. The van der Waals surface area contributed by atoms with Crippen LogP contribution >= 0.6 is 8.60 Å². The highest BCUT2D eigenvalue weighted by Crippen LogP contribution is 2.31. The Hall–Kier alpha value is -0.413. The topological polar surface area (TPSA) is 49.7 Å². The number of hydrogen-bond donors (Lipinski definition) is 2. The molecule has 0 heterocycles. The minimum atomic E-state index is -2.33. The molecular weight excluding hydrogens is 251 g/mol. The Bertz CT molecular complexity index is 345. The number of benzene rings is 1. The van der Waals surface area contributed by atoms with Gasteiger partial charge in [-0.3, -0.25) is 0 Å². The van der Waals surface area contributed by atoms with Crippen molar-refractivity contribution in [3.8, 4) is 5.75 Å². The molecule has 0 aromatic heterocycles. The van der Waals surface area contributed by atoms with Crippen molar-refractivity contribution in [2.75, 3.05) is 0 Å². The Morgan fingerprint density at radius 3 is 2.06 bits per heavy atom. The van der Waals surface area contributed by atoms with Gasteiger partial charge in [-0.25, -0.2) is 0 Å². The zero-order valence-electron chi connectivity index (χ0n) is 10.7. The molecule has 17 heavy (non-hydrogen) atoms. The van der Waals surface area contributed by atoms with Crippen LogP contribution in [0.3, 0.4) is 0 Å². The maximum atomic E-state index is 9.03. The molecule has 0 aliphatic rings. The largest absolute Gasteiger partial charge is 0.427 e. The summed E-state index contributed by atoms with van der Waals surface area (Å²) >= 11 is 0. The van der Waals surface area contributed by atoms with E-state index in [4.69, 9.17) is 14.3 Å². The van der Waals surface area contributed by atoms with E-state index in [1.54, 1.807) is 0 Å². The fourth-order valence-corrected chi connectivity index (χ4v) is 6.56. The molecule has 0 bridgehead atoms. The summed E-state index contributed by atoms with van der Waals surface area (Å²) in [5, 5.41) is 1.21. The van der Waals surface area contributed by atoms with Crippen molar-refractivity contribution in [3.63, 3.8) is 0 Å². The van der Waals surface area contributed by atoms with Crippen LogP contribution in [0.1, 0.15) is 20.8 Å². The molecule has 0 fully saturated rings. The maximum absolute atomic E-state index is 9.03. The van der Waals surface area contributed by atoms with Crippen LogP contribution in [-0.2, 0) is 0 Å². The summed E-state index contributed by atoms with van der Waals surface area (Å²) in [5.74, 6) is 0.654. The molecule has 0 spiro atoms. The molecule has 0 unspecified atom stereocenters. The SMILES string of the molecule is CC[Si](CC)(CC)c1ccccc1OP(O)O. The Balaban J connectivity index is 3.18. The molecule has 3 nitrogen and oxygen atoms in total. The molecule has 96 valence electrons. The van der Waals surface area contributed by atoms with E-state index in [0.29, 0.717) is 5.75 Å².